The Labute approximate surface area is 92.6 Å². The lowest BCUT2D eigenvalue weighted by Crippen LogP contribution is -2.46. The molecular weight excluding hydrogens is 198 g/mol. The summed E-state index contributed by atoms with van der Waals surface area (Å²) in [6.07, 6.45) is 5.04. The van der Waals surface area contributed by atoms with Crippen LogP contribution in [-0.4, -0.2) is 43.1 Å². The smallest absolute Gasteiger partial charge is 0.0477 e. The van der Waals surface area contributed by atoms with Gasteiger partial charge in [0.25, 0.3) is 0 Å². The van der Waals surface area contributed by atoms with Gasteiger partial charge in [0.1, 0.15) is 0 Å². The van der Waals surface area contributed by atoms with Crippen molar-refractivity contribution in [3.63, 3.8) is 0 Å². The first kappa shape index (κ1) is 12.3. The monoisotopic (exact) mass is 219 g/mol. The van der Waals surface area contributed by atoms with E-state index in [9.17, 15) is 0 Å². The predicted molar refractivity (Wildman–Crippen MR) is 61.0 cm³/mol. The Morgan fingerprint density at radius 1 is 1.50 bits per heavy atom. The van der Waals surface area contributed by atoms with E-state index in [0.29, 0.717) is 12.1 Å². The van der Waals surface area contributed by atoms with Gasteiger partial charge in [0, 0.05) is 31.7 Å². The van der Waals surface area contributed by atoms with Gasteiger partial charge in [-0.3, -0.25) is 4.90 Å². The molecule has 0 amide bonds. The molecule has 0 spiro atoms. The molecule has 0 aliphatic carbocycles. The summed E-state index contributed by atoms with van der Waals surface area (Å²) < 4.78 is 5.11. The van der Waals surface area contributed by atoms with Crippen molar-refractivity contribution in [3.8, 4) is 0 Å². The minimum atomic E-state index is 0.595. The Balaban J connectivity index is 2.37. The number of rotatable bonds is 5. The molecule has 0 N–H and O–H groups in total. The van der Waals surface area contributed by atoms with E-state index in [2.05, 4.69) is 11.8 Å². The first-order valence-electron chi connectivity index (χ1n) is 5.60. The molecule has 2 unspecified atom stereocenters. The second kappa shape index (κ2) is 6.65. The zero-order valence-corrected chi connectivity index (χ0v) is 10.1. The highest BCUT2D eigenvalue weighted by Gasteiger charge is 2.25. The summed E-state index contributed by atoms with van der Waals surface area (Å²) in [6.45, 7) is 4.35. The minimum Gasteiger partial charge on any atom is -0.385 e. The van der Waals surface area contributed by atoms with Crippen molar-refractivity contribution < 1.29 is 4.74 Å². The van der Waals surface area contributed by atoms with Crippen LogP contribution in [0.3, 0.4) is 0 Å². The van der Waals surface area contributed by atoms with E-state index in [4.69, 9.17) is 16.3 Å². The van der Waals surface area contributed by atoms with Crippen LogP contribution < -0.4 is 0 Å². The number of nitrogens with zero attached hydrogens (tertiary/aromatic N) is 1. The minimum absolute atomic E-state index is 0.595. The maximum absolute atomic E-state index is 5.98. The predicted octanol–water partition coefficient (Wildman–Crippen LogP) is 2.50. The SMILES string of the molecule is COCCC(C)N1CCCCC1CCl. The average Bonchev–Trinajstić information content (AvgIpc) is 2.25. The lowest BCUT2D eigenvalue weighted by molar-refractivity contribution is 0.0876. The van der Waals surface area contributed by atoms with Crippen molar-refractivity contribution in [1.82, 2.24) is 4.90 Å². The molecule has 1 aliphatic heterocycles. The Bertz CT molecular complexity index is 154. The van der Waals surface area contributed by atoms with E-state index < -0.39 is 0 Å². The normalized spacial score (nSPS) is 26.4. The average molecular weight is 220 g/mol. The van der Waals surface area contributed by atoms with Crippen LogP contribution >= 0.6 is 11.6 Å². The molecule has 0 radical (unpaired) electrons. The number of piperidine rings is 1. The van der Waals surface area contributed by atoms with Crippen LogP contribution in [0, 0.1) is 0 Å². The van der Waals surface area contributed by atoms with Gasteiger partial charge in [-0.2, -0.15) is 0 Å². The molecule has 2 nitrogen and oxygen atoms in total. The second-order valence-corrected chi connectivity index (χ2v) is 4.48. The topological polar surface area (TPSA) is 12.5 Å². The fraction of sp³-hybridized carbons (Fsp3) is 1.00. The number of alkyl halides is 1. The van der Waals surface area contributed by atoms with Gasteiger partial charge in [-0.15, -0.1) is 11.6 Å². The highest BCUT2D eigenvalue weighted by molar-refractivity contribution is 6.18. The van der Waals surface area contributed by atoms with Crippen LogP contribution in [0.15, 0.2) is 0 Å². The molecule has 1 rings (SSSR count). The summed E-state index contributed by atoms with van der Waals surface area (Å²) in [5, 5.41) is 0. The molecule has 0 aromatic carbocycles. The lowest BCUT2D eigenvalue weighted by Gasteiger charge is -2.39. The van der Waals surface area contributed by atoms with E-state index in [1.807, 2.05) is 0 Å². The van der Waals surface area contributed by atoms with Crippen LogP contribution in [-0.2, 0) is 4.74 Å². The first-order valence-corrected chi connectivity index (χ1v) is 6.13. The maximum Gasteiger partial charge on any atom is 0.0477 e. The molecule has 0 aromatic rings. The van der Waals surface area contributed by atoms with Gasteiger partial charge >= 0.3 is 0 Å². The van der Waals surface area contributed by atoms with Crippen molar-refractivity contribution in [1.29, 1.82) is 0 Å². The number of methoxy groups -OCH3 is 1. The van der Waals surface area contributed by atoms with Crippen LogP contribution in [0.2, 0.25) is 0 Å². The van der Waals surface area contributed by atoms with Crippen LogP contribution in [0.25, 0.3) is 0 Å². The van der Waals surface area contributed by atoms with Crippen molar-refractivity contribution in [3.05, 3.63) is 0 Å². The zero-order chi connectivity index (χ0) is 10.4. The molecule has 0 aromatic heterocycles. The standard InChI is InChI=1S/C11H22ClNO/c1-10(6-8-14-2)13-7-4-3-5-11(13)9-12/h10-11H,3-9H2,1-2H3. The Kier molecular flexibility index (Phi) is 5.83. The molecular formula is C11H22ClNO. The number of halogens is 1. The Hall–Kier alpha value is 0.210. The third-order valence-electron chi connectivity index (χ3n) is 3.16. The van der Waals surface area contributed by atoms with Gasteiger partial charge in [-0.05, 0) is 32.7 Å². The number of hydrogen-bond acceptors (Lipinski definition) is 2. The molecule has 2 atom stereocenters. The van der Waals surface area contributed by atoms with Gasteiger partial charge in [0.05, 0.1) is 0 Å². The summed E-state index contributed by atoms with van der Waals surface area (Å²) >= 11 is 5.98. The summed E-state index contributed by atoms with van der Waals surface area (Å²) in [5.74, 6) is 0.775. The number of likely N-dealkylation sites (tertiary alicyclic amines) is 1. The van der Waals surface area contributed by atoms with Crippen molar-refractivity contribution >= 4 is 11.6 Å². The van der Waals surface area contributed by atoms with Crippen LogP contribution in [0.1, 0.15) is 32.6 Å². The summed E-state index contributed by atoms with van der Waals surface area (Å²) in [7, 11) is 1.77. The molecule has 1 aliphatic rings. The number of ether oxygens (including phenoxy) is 1. The Morgan fingerprint density at radius 2 is 2.29 bits per heavy atom. The third-order valence-corrected chi connectivity index (χ3v) is 3.51. The summed E-state index contributed by atoms with van der Waals surface area (Å²) in [5.41, 5.74) is 0. The maximum atomic E-state index is 5.98. The molecule has 1 fully saturated rings. The first-order chi connectivity index (χ1) is 6.79. The lowest BCUT2D eigenvalue weighted by atomic mass is 10.0. The fourth-order valence-electron chi connectivity index (χ4n) is 2.22. The van der Waals surface area contributed by atoms with Gasteiger partial charge < -0.3 is 4.74 Å². The summed E-state index contributed by atoms with van der Waals surface area (Å²) in [4.78, 5) is 2.55. The van der Waals surface area contributed by atoms with Crippen LogP contribution in [0.5, 0.6) is 0 Å². The van der Waals surface area contributed by atoms with Crippen molar-refractivity contribution in [2.45, 2.75) is 44.7 Å². The molecule has 0 saturated carbocycles. The van der Waals surface area contributed by atoms with Gasteiger partial charge in [0.15, 0.2) is 0 Å². The second-order valence-electron chi connectivity index (χ2n) is 4.17. The quantitative estimate of drug-likeness (QED) is 0.659. The Morgan fingerprint density at radius 3 is 2.93 bits per heavy atom. The van der Waals surface area contributed by atoms with E-state index >= 15 is 0 Å². The highest BCUT2D eigenvalue weighted by atomic mass is 35.5. The molecule has 84 valence electrons. The van der Waals surface area contributed by atoms with Gasteiger partial charge in [-0.1, -0.05) is 6.42 Å². The van der Waals surface area contributed by atoms with Crippen molar-refractivity contribution in [2.24, 2.45) is 0 Å². The fourth-order valence-corrected chi connectivity index (χ4v) is 2.55. The summed E-state index contributed by atoms with van der Waals surface area (Å²) in [6, 6.07) is 1.20. The van der Waals surface area contributed by atoms with Crippen molar-refractivity contribution in [2.75, 3.05) is 26.1 Å². The number of hydrogen-bond donors (Lipinski definition) is 0. The highest BCUT2D eigenvalue weighted by Crippen LogP contribution is 2.21. The largest absolute Gasteiger partial charge is 0.385 e. The van der Waals surface area contributed by atoms with E-state index in [1.54, 1.807) is 7.11 Å². The zero-order valence-electron chi connectivity index (χ0n) is 9.34. The van der Waals surface area contributed by atoms with Gasteiger partial charge in [0.2, 0.25) is 0 Å². The molecule has 1 saturated heterocycles. The van der Waals surface area contributed by atoms with E-state index in [-0.39, 0.29) is 0 Å². The molecule has 3 heteroatoms. The third kappa shape index (κ3) is 3.41. The van der Waals surface area contributed by atoms with E-state index in [1.165, 1.54) is 25.8 Å². The molecule has 1 heterocycles. The van der Waals surface area contributed by atoms with Gasteiger partial charge in [-0.25, -0.2) is 0 Å². The van der Waals surface area contributed by atoms with Crippen LogP contribution in [0.4, 0.5) is 0 Å². The van der Waals surface area contributed by atoms with E-state index in [0.717, 1.165) is 18.9 Å². The molecule has 0 bridgehead atoms. The molecule has 14 heavy (non-hydrogen) atoms.